The van der Waals surface area contributed by atoms with Crippen molar-refractivity contribution in [2.75, 3.05) is 23.9 Å². The van der Waals surface area contributed by atoms with E-state index in [1.165, 1.54) is 12.8 Å². The van der Waals surface area contributed by atoms with Crippen LogP contribution in [-0.2, 0) is 0 Å². The maximum Gasteiger partial charge on any atom is 0.295 e. The molecule has 0 spiro atoms. The summed E-state index contributed by atoms with van der Waals surface area (Å²) in [5, 5.41) is 3.27. The van der Waals surface area contributed by atoms with Crippen molar-refractivity contribution in [3.63, 3.8) is 0 Å². The summed E-state index contributed by atoms with van der Waals surface area (Å²) in [5.41, 5.74) is 7.99. The Bertz CT molecular complexity index is 548. The van der Waals surface area contributed by atoms with Gasteiger partial charge in [-0.25, -0.2) is 0 Å². The van der Waals surface area contributed by atoms with Crippen molar-refractivity contribution in [2.24, 2.45) is 0 Å². The molecule has 4 nitrogen and oxygen atoms in total. The highest BCUT2D eigenvalue weighted by Crippen LogP contribution is 2.47. The first-order valence-corrected chi connectivity index (χ1v) is 6.88. The summed E-state index contributed by atoms with van der Waals surface area (Å²) >= 11 is 1.91. The third kappa shape index (κ3) is 2.07. The maximum absolute atomic E-state index is 5.70. The van der Waals surface area contributed by atoms with Crippen molar-refractivity contribution in [2.45, 2.75) is 17.6 Å². The number of thioether (sulfide) groups is 1. The van der Waals surface area contributed by atoms with E-state index < -0.39 is 0 Å². The minimum atomic E-state index is 0.402. The Morgan fingerprint density at radius 2 is 2.35 bits per heavy atom. The summed E-state index contributed by atoms with van der Waals surface area (Å²) < 4.78 is 6.01. The number of aromatic nitrogens is 1. The number of oxazole rings is 1. The highest BCUT2D eigenvalue weighted by Gasteiger charge is 2.41. The molecule has 1 aliphatic rings. The van der Waals surface area contributed by atoms with Crippen LogP contribution < -0.4 is 11.1 Å². The Labute approximate surface area is 104 Å². The van der Waals surface area contributed by atoms with Gasteiger partial charge in [0.05, 0.1) is 0 Å². The Morgan fingerprint density at radius 3 is 3.06 bits per heavy atom. The van der Waals surface area contributed by atoms with Gasteiger partial charge < -0.3 is 15.5 Å². The number of fused-ring (bicyclic) bond motifs is 1. The van der Waals surface area contributed by atoms with Crippen molar-refractivity contribution in [3.05, 3.63) is 18.2 Å². The highest BCUT2D eigenvalue weighted by molar-refractivity contribution is 8.00. The smallest absolute Gasteiger partial charge is 0.295 e. The second kappa shape index (κ2) is 3.84. The van der Waals surface area contributed by atoms with Crippen LogP contribution in [0, 0.1) is 0 Å². The van der Waals surface area contributed by atoms with Gasteiger partial charge in [-0.2, -0.15) is 16.7 Å². The van der Waals surface area contributed by atoms with Gasteiger partial charge in [0.25, 0.3) is 6.01 Å². The lowest BCUT2D eigenvalue weighted by Gasteiger charge is -2.10. The van der Waals surface area contributed by atoms with Gasteiger partial charge >= 0.3 is 0 Å². The Morgan fingerprint density at radius 1 is 1.53 bits per heavy atom. The fraction of sp³-hybridized carbons (Fsp3) is 0.417. The molecule has 5 heteroatoms. The van der Waals surface area contributed by atoms with E-state index in [9.17, 15) is 0 Å². The minimum Gasteiger partial charge on any atom is -0.424 e. The molecular formula is C12H15N3OS. The predicted molar refractivity (Wildman–Crippen MR) is 72.4 cm³/mol. The average Bonchev–Trinajstić information content (AvgIpc) is 3.00. The van der Waals surface area contributed by atoms with E-state index in [-0.39, 0.29) is 0 Å². The maximum atomic E-state index is 5.70. The van der Waals surface area contributed by atoms with Crippen LogP contribution in [0.2, 0.25) is 0 Å². The molecule has 1 aromatic heterocycles. The zero-order valence-corrected chi connectivity index (χ0v) is 10.5. The molecule has 1 aliphatic carbocycles. The largest absolute Gasteiger partial charge is 0.424 e. The quantitative estimate of drug-likeness (QED) is 0.816. The molecule has 1 fully saturated rings. The monoisotopic (exact) mass is 249 g/mol. The van der Waals surface area contributed by atoms with Gasteiger partial charge in [0.15, 0.2) is 5.58 Å². The molecular weight excluding hydrogens is 234 g/mol. The molecule has 3 rings (SSSR count). The third-order valence-corrected chi connectivity index (χ3v) is 4.63. The lowest BCUT2D eigenvalue weighted by molar-refractivity contribution is 0.613. The molecule has 3 N–H and O–H groups in total. The number of benzene rings is 1. The van der Waals surface area contributed by atoms with Crippen LogP contribution in [0.1, 0.15) is 12.8 Å². The minimum absolute atomic E-state index is 0.402. The van der Waals surface area contributed by atoms with Crippen LogP contribution in [0.3, 0.4) is 0 Å². The summed E-state index contributed by atoms with van der Waals surface area (Å²) in [7, 11) is 0. The molecule has 0 amide bonds. The molecule has 0 atom stereocenters. The van der Waals surface area contributed by atoms with Crippen LogP contribution in [0.25, 0.3) is 11.1 Å². The van der Waals surface area contributed by atoms with Crippen molar-refractivity contribution < 1.29 is 4.42 Å². The van der Waals surface area contributed by atoms with E-state index in [2.05, 4.69) is 16.6 Å². The van der Waals surface area contributed by atoms with E-state index in [0.717, 1.165) is 17.6 Å². The lowest BCUT2D eigenvalue weighted by atomic mass is 10.3. The van der Waals surface area contributed by atoms with Gasteiger partial charge in [-0.3, -0.25) is 0 Å². The van der Waals surface area contributed by atoms with Crippen LogP contribution >= 0.6 is 11.8 Å². The molecule has 0 radical (unpaired) electrons. The average molecular weight is 249 g/mol. The summed E-state index contributed by atoms with van der Waals surface area (Å²) in [6.07, 6.45) is 4.70. The van der Waals surface area contributed by atoms with E-state index in [4.69, 9.17) is 10.2 Å². The zero-order valence-electron chi connectivity index (χ0n) is 9.69. The molecule has 0 unspecified atom stereocenters. The molecule has 17 heavy (non-hydrogen) atoms. The second-order valence-corrected chi connectivity index (χ2v) is 5.76. The van der Waals surface area contributed by atoms with Gasteiger partial charge in [0.2, 0.25) is 0 Å². The number of hydrogen-bond acceptors (Lipinski definition) is 5. The SMILES string of the molecule is CSC1(CNc2nc3cc(N)ccc3o2)CC1. The van der Waals surface area contributed by atoms with Gasteiger partial charge in [-0.05, 0) is 37.3 Å². The van der Waals surface area contributed by atoms with Gasteiger partial charge in [-0.1, -0.05) is 0 Å². The van der Waals surface area contributed by atoms with E-state index in [1.54, 1.807) is 0 Å². The van der Waals surface area contributed by atoms with Crippen LogP contribution in [0.5, 0.6) is 0 Å². The number of anilines is 2. The van der Waals surface area contributed by atoms with E-state index in [1.807, 2.05) is 30.0 Å². The molecule has 0 aliphatic heterocycles. The lowest BCUT2D eigenvalue weighted by Crippen LogP contribution is -2.17. The Kier molecular flexibility index (Phi) is 2.43. The number of nitrogens with two attached hydrogens (primary N) is 1. The number of nitrogens with zero attached hydrogens (tertiary/aromatic N) is 1. The summed E-state index contributed by atoms with van der Waals surface area (Å²) in [6.45, 7) is 0.913. The summed E-state index contributed by atoms with van der Waals surface area (Å²) in [5.74, 6) is 0. The molecule has 1 saturated carbocycles. The summed E-state index contributed by atoms with van der Waals surface area (Å²) in [6, 6.07) is 6.09. The topological polar surface area (TPSA) is 64.1 Å². The first-order chi connectivity index (χ1) is 8.21. The van der Waals surface area contributed by atoms with Crippen molar-refractivity contribution >= 4 is 34.6 Å². The van der Waals surface area contributed by atoms with Crippen LogP contribution in [-0.4, -0.2) is 22.5 Å². The number of nitrogens with one attached hydrogen (secondary N) is 1. The number of hydrogen-bond donors (Lipinski definition) is 2. The molecule has 0 saturated heterocycles. The third-order valence-electron chi connectivity index (χ3n) is 3.21. The summed E-state index contributed by atoms with van der Waals surface area (Å²) in [4.78, 5) is 4.37. The van der Waals surface area contributed by atoms with Crippen LogP contribution in [0.4, 0.5) is 11.7 Å². The van der Waals surface area contributed by atoms with E-state index in [0.29, 0.717) is 16.4 Å². The second-order valence-electron chi connectivity index (χ2n) is 4.49. The van der Waals surface area contributed by atoms with Crippen LogP contribution in [0.15, 0.2) is 22.6 Å². The highest BCUT2D eigenvalue weighted by atomic mass is 32.2. The molecule has 1 aromatic carbocycles. The molecule has 2 aromatic rings. The molecule has 1 heterocycles. The molecule has 90 valence electrons. The first-order valence-electron chi connectivity index (χ1n) is 5.66. The first kappa shape index (κ1) is 10.8. The van der Waals surface area contributed by atoms with Gasteiger partial charge in [0, 0.05) is 17.0 Å². The van der Waals surface area contributed by atoms with Crippen molar-refractivity contribution in [1.29, 1.82) is 0 Å². The molecule has 0 bridgehead atoms. The van der Waals surface area contributed by atoms with Gasteiger partial charge in [-0.15, -0.1) is 0 Å². The number of nitrogen functional groups attached to an aromatic ring is 1. The van der Waals surface area contributed by atoms with Crippen molar-refractivity contribution in [1.82, 2.24) is 4.98 Å². The Hall–Kier alpha value is -1.36. The normalized spacial score (nSPS) is 17.2. The standard InChI is InChI=1S/C12H15N3OS/c1-17-12(4-5-12)7-14-11-15-9-6-8(13)2-3-10(9)16-11/h2-3,6H,4-5,7,13H2,1H3,(H,14,15). The number of rotatable bonds is 4. The Balaban J connectivity index is 1.77. The van der Waals surface area contributed by atoms with Crippen molar-refractivity contribution in [3.8, 4) is 0 Å². The predicted octanol–water partition coefficient (Wildman–Crippen LogP) is 2.72. The zero-order chi connectivity index (χ0) is 11.9. The van der Waals surface area contributed by atoms with Gasteiger partial charge in [0.1, 0.15) is 5.52 Å². The fourth-order valence-corrected chi connectivity index (χ4v) is 2.58. The van der Waals surface area contributed by atoms with E-state index >= 15 is 0 Å². The fourth-order valence-electron chi connectivity index (χ4n) is 1.85.